The fourth-order valence-corrected chi connectivity index (χ4v) is 14.0. The van der Waals surface area contributed by atoms with Crippen LogP contribution in [0.5, 0.6) is 0 Å². The molecule has 3 amide bonds. The van der Waals surface area contributed by atoms with Crippen LogP contribution < -0.4 is 16.0 Å². The summed E-state index contributed by atoms with van der Waals surface area (Å²) in [6.45, 7) is 7.03. The molecule has 2 aliphatic heterocycles. The van der Waals surface area contributed by atoms with E-state index in [9.17, 15) is 68.0 Å². The lowest BCUT2D eigenvalue weighted by molar-refractivity contribution is -0.320. The van der Waals surface area contributed by atoms with Gasteiger partial charge in [0.15, 0.2) is 24.2 Å². The molecule has 2 fully saturated rings. The zero-order valence-electron chi connectivity index (χ0n) is 59.7. The number of unbranched alkanes of at least 4 members (excludes halogenated alkanes) is 35. The van der Waals surface area contributed by atoms with Gasteiger partial charge in [-0.25, -0.2) is 9.13 Å². The van der Waals surface area contributed by atoms with Crippen molar-refractivity contribution in [1.29, 1.82) is 0 Å². The van der Waals surface area contributed by atoms with Crippen LogP contribution in [0.1, 0.15) is 324 Å². The van der Waals surface area contributed by atoms with Gasteiger partial charge >= 0.3 is 21.6 Å². The van der Waals surface area contributed by atoms with Crippen LogP contribution in [0, 0.1) is 0 Å². The van der Waals surface area contributed by atoms with E-state index in [1.807, 2.05) is 0 Å². The number of ether oxygens (including phenoxy) is 5. The first-order valence-electron chi connectivity index (χ1n) is 37.6. The van der Waals surface area contributed by atoms with Gasteiger partial charge in [-0.1, -0.05) is 252 Å². The monoisotopic (exact) mass is 1410 g/mol. The fourth-order valence-electron chi connectivity index (χ4n) is 12.8. The molecular weight excluding hydrogens is 1280 g/mol. The number of amides is 3. The van der Waals surface area contributed by atoms with E-state index in [1.165, 1.54) is 83.5 Å². The number of ketones is 1. The minimum absolute atomic E-state index is 0.00102. The van der Waals surface area contributed by atoms with Crippen LogP contribution in [-0.4, -0.2) is 158 Å². The number of carbonyl (C=O) groups is 5. The van der Waals surface area contributed by atoms with Gasteiger partial charge in [0.1, 0.15) is 48.9 Å². The van der Waals surface area contributed by atoms with E-state index in [4.69, 9.17) is 32.7 Å². The van der Waals surface area contributed by atoms with Crippen molar-refractivity contribution < 1.29 is 101 Å². The van der Waals surface area contributed by atoms with Gasteiger partial charge in [0.25, 0.3) is 0 Å². The molecule has 96 heavy (non-hydrogen) atoms. The molecule has 564 valence electrons. The second-order valence-electron chi connectivity index (χ2n) is 27.0. The fraction of sp³-hybridized carbons (Fsp3) is 0.929. The number of carbonyl (C=O) groups excluding carboxylic acids is 5. The van der Waals surface area contributed by atoms with Crippen molar-refractivity contribution in [3.63, 3.8) is 0 Å². The Kier molecular flexibility index (Phi) is 50.6. The van der Waals surface area contributed by atoms with E-state index >= 15 is 0 Å². The lowest BCUT2D eigenvalue weighted by atomic mass is 9.78. The normalized spacial score (nSPS) is 22.6. The highest BCUT2D eigenvalue weighted by molar-refractivity contribution is 7.46. The van der Waals surface area contributed by atoms with Crippen molar-refractivity contribution in [2.24, 2.45) is 0 Å². The molecule has 11 atom stereocenters. The summed E-state index contributed by atoms with van der Waals surface area (Å²) in [5, 5.41) is 43.5. The molecule has 2 aliphatic rings. The van der Waals surface area contributed by atoms with E-state index in [-0.39, 0.29) is 44.5 Å². The third-order valence-corrected chi connectivity index (χ3v) is 19.6. The van der Waals surface area contributed by atoms with E-state index in [1.54, 1.807) is 0 Å². The smallest absolute Gasteiger partial charge is 0.455 e. The average molecular weight is 1410 g/mol. The van der Waals surface area contributed by atoms with Gasteiger partial charge in [0, 0.05) is 38.7 Å². The van der Waals surface area contributed by atoms with E-state index in [2.05, 4.69) is 43.6 Å². The predicted octanol–water partition coefficient (Wildman–Crippen LogP) is 12.7. The second kappa shape index (κ2) is 54.2. The van der Waals surface area contributed by atoms with Crippen LogP contribution in [0.4, 0.5) is 0 Å². The largest absolute Gasteiger partial charge is 0.470 e. The van der Waals surface area contributed by atoms with Crippen LogP contribution in [0.15, 0.2) is 0 Å². The first-order chi connectivity index (χ1) is 46.1. The second-order valence-corrected chi connectivity index (χ2v) is 29.4. The first kappa shape index (κ1) is 89.6. The standard InChI is InChI=1S/C70H133N3O21P2/c1-6-10-14-18-22-26-28-31-35-39-43-49-60(77)72-63-66(88-51-45-47-56(75)46-41-37-33-25-21-17-13-9-4)65(94-96(85,86)87)57(53-74)90-68(63)89-54-58-64(80)67(92-62(79)52-71-59(76)48-42-38-34-30-24-20-16-12-8-3)70(69(81)91-58,55(5)93-95(82,83)84)73-61(78)50-44-40-36-32-29-27-23-19-15-11-7-2/h55,57-58,63-69,74,80-81H,6-54H2,1-5H3,(H,71,76)(H,72,77)(H,73,78)(H2,82,83,84)(H2,85,86,87)/t55?,57-,58-,63-,64-,65-,66-,67+,68-,69+,70-/m1/s1. The summed E-state index contributed by atoms with van der Waals surface area (Å²) in [4.78, 5) is 109. The summed E-state index contributed by atoms with van der Waals surface area (Å²) in [6.07, 6.45) is 23.0. The van der Waals surface area contributed by atoms with Crippen molar-refractivity contribution in [3.8, 4) is 0 Å². The van der Waals surface area contributed by atoms with Crippen LogP contribution >= 0.6 is 15.6 Å². The van der Waals surface area contributed by atoms with Gasteiger partial charge in [-0.15, -0.1) is 0 Å². The van der Waals surface area contributed by atoms with Crippen LogP contribution in [0.3, 0.4) is 0 Å². The number of hydrogen-bond acceptors (Lipinski definition) is 17. The summed E-state index contributed by atoms with van der Waals surface area (Å²) >= 11 is 0. The number of Topliss-reactive ketones (excluding diaryl/α,β-unsaturated/α-hetero) is 1. The Bertz CT molecular complexity index is 2140. The van der Waals surface area contributed by atoms with Gasteiger partial charge in [0.05, 0.1) is 19.3 Å². The van der Waals surface area contributed by atoms with Crippen LogP contribution in [0.2, 0.25) is 0 Å². The first-order valence-corrected chi connectivity index (χ1v) is 40.7. The molecular formula is C70H133N3O21P2. The van der Waals surface area contributed by atoms with Gasteiger partial charge in [-0.3, -0.25) is 33.0 Å². The van der Waals surface area contributed by atoms with Crippen molar-refractivity contribution >= 4 is 45.1 Å². The lowest BCUT2D eigenvalue weighted by Gasteiger charge is -2.53. The number of aliphatic hydroxyl groups is 3. The van der Waals surface area contributed by atoms with E-state index < -0.39 is 126 Å². The van der Waals surface area contributed by atoms with Gasteiger partial charge in [-0.2, -0.15) is 0 Å². The molecule has 10 N–H and O–H groups in total. The highest BCUT2D eigenvalue weighted by atomic mass is 31.2. The molecule has 0 aromatic rings. The number of phosphoric ester groups is 2. The molecule has 2 heterocycles. The number of hydrogen-bond donors (Lipinski definition) is 10. The van der Waals surface area contributed by atoms with E-state index in [0.29, 0.717) is 32.1 Å². The summed E-state index contributed by atoms with van der Waals surface area (Å²) in [5.41, 5.74) is -2.67. The van der Waals surface area contributed by atoms with Gasteiger partial charge in [0.2, 0.25) is 17.7 Å². The summed E-state index contributed by atoms with van der Waals surface area (Å²) in [6, 6.07) is -1.50. The van der Waals surface area contributed by atoms with Crippen LogP contribution in [-0.2, 0) is 65.8 Å². The van der Waals surface area contributed by atoms with Gasteiger partial charge in [-0.05, 0) is 39.0 Å². The maximum Gasteiger partial charge on any atom is 0.470 e. The molecule has 0 radical (unpaired) electrons. The minimum Gasteiger partial charge on any atom is -0.455 e. The molecule has 0 aromatic carbocycles. The lowest BCUT2D eigenvalue weighted by Crippen LogP contribution is -2.78. The molecule has 2 saturated heterocycles. The Hall–Kier alpha value is -2.51. The Morgan fingerprint density at radius 2 is 0.896 bits per heavy atom. The molecule has 0 bridgehead atoms. The molecule has 24 nitrogen and oxygen atoms in total. The highest BCUT2D eigenvalue weighted by Gasteiger charge is 2.63. The highest BCUT2D eigenvalue weighted by Crippen LogP contribution is 2.45. The number of nitrogens with one attached hydrogen (secondary N) is 3. The topological polar surface area (TPSA) is 362 Å². The Morgan fingerprint density at radius 3 is 1.32 bits per heavy atom. The summed E-state index contributed by atoms with van der Waals surface area (Å²) < 4.78 is 66.4. The number of aliphatic hydroxyl groups excluding tert-OH is 3. The Labute approximate surface area is 576 Å². The summed E-state index contributed by atoms with van der Waals surface area (Å²) in [7, 11) is -10.9. The Morgan fingerprint density at radius 1 is 0.490 bits per heavy atom. The molecule has 0 aromatic heterocycles. The number of rotatable bonds is 62. The molecule has 1 unspecified atom stereocenters. The molecule has 0 aliphatic carbocycles. The zero-order chi connectivity index (χ0) is 70.9. The number of esters is 1. The maximum absolute atomic E-state index is 14.1. The summed E-state index contributed by atoms with van der Waals surface area (Å²) in [5.74, 6) is -2.99. The van der Waals surface area contributed by atoms with Crippen molar-refractivity contribution in [3.05, 3.63) is 0 Å². The predicted molar refractivity (Wildman–Crippen MR) is 369 cm³/mol. The third kappa shape index (κ3) is 40.2. The maximum atomic E-state index is 14.1. The Balaban J connectivity index is 2.54. The third-order valence-electron chi connectivity index (χ3n) is 18.5. The minimum atomic E-state index is -5.51. The molecule has 0 saturated carbocycles. The van der Waals surface area contributed by atoms with E-state index in [0.717, 1.165) is 148 Å². The number of phosphoric acid groups is 2. The SMILES string of the molecule is CCCCCCCCCCCCCC(=O)N[C@H]1[C@H](OC[C@H]2O[C@H](O)[C@@](NC(=O)CCCCCCCCCCCCC)(C(C)OP(=O)(O)O)[C@@H](OC(=O)CNC(=O)CCCCCCCCCCC)[C@@H]2O)O[C@H](CO)[C@@H](OP(=O)(O)O)[C@@H]1OCCCC(=O)CCCCCCCCCC. The quantitative estimate of drug-likeness (QED) is 0.0154. The van der Waals surface area contributed by atoms with Crippen molar-refractivity contribution in [2.75, 3.05) is 26.4 Å². The molecule has 26 heteroatoms. The van der Waals surface area contributed by atoms with Crippen molar-refractivity contribution in [2.45, 2.75) is 390 Å². The molecule has 2 rings (SSSR count). The van der Waals surface area contributed by atoms with Crippen molar-refractivity contribution in [1.82, 2.24) is 16.0 Å². The van der Waals surface area contributed by atoms with Crippen LogP contribution in [0.25, 0.3) is 0 Å². The van der Waals surface area contributed by atoms with Gasteiger partial charge < -0.3 is 74.5 Å². The molecule has 0 spiro atoms. The zero-order valence-corrected chi connectivity index (χ0v) is 61.5. The average Bonchev–Trinajstić information content (AvgIpc) is 0.742.